The van der Waals surface area contributed by atoms with Gasteiger partial charge in [0.05, 0.1) is 16.6 Å². The number of hydrogen-bond donors (Lipinski definition) is 1. The lowest BCUT2D eigenvalue weighted by Crippen LogP contribution is -2.12. The molecule has 1 unspecified atom stereocenters. The maximum Gasteiger partial charge on any atom is 0.0705 e. The Hall–Kier alpha value is -1.97. The fourth-order valence-corrected chi connectivity index (χ4v) is 2.49. The van der Waals surface area contributed by atoms with E-state index in [9.17, 15) is 0 Å². The van der Waals surface area contributed by atoms with Gasteiger partial charge in [-0.2, -0.15) is 0 Å². The van der Waals surface area contributed by atoms with Crippen molar-refractivity contribution in [1.82, 2.24) is 9.97 Å². The Morgan fingerprint density at radius 1 is 1.15 bits per heavy atom. The fourth-order valence-electron chi connectivity index (χ4n) is 2.26. The van der Waals surface area contributed by atoms with Gasteiger partial charge in [0.15, 0.2) is 0 Å². The van der Waals surface area contributed by atoms with Crippen molar-refractivity contribution in [2.24, 2.45) is 5.73 Å². The smallest absolute Gasteiger partial charge is 0.0705 e. The molecule has 100 valence electrons. The van der Waals surface area contributed by atoms with Crippen LogP contribution in [0.2, 0.25) is 5.02 Å². The number of nitrogens with zero attached hydrogens (tertiary/aromatic N) is 2. The van der Waals surface area contributed by atoms with E-state index in [1.807, 2.05) is 31.2 Å². The maximum absolute atomic E-state index is 6.31. The van der Waals surface area contributed by atoms with E-state index in [0.29, 0.717) is 5.02 Å². The first-order valence-electron chi connectivity index (χ1n) is 6.37. The van der Waals surface area contributed by atoms with E-state index in [1.54, 1.807) is 12.4 Å². The molecule has 0 radical (unpaired) electrons. The highest BCUT2D eigenvalue weighted by atomic mass is 35.5. The molecule has 3 nitrogen and oxygen atoms in total. The molecule has 4 heteroatoms. The van der Waals surface area contributed by atoms with Crippen molar-refractivity contribution in [1.29, 1.82) is 0 Å². The summed E-state index contributed by atoms with van der Waals surface area (Å²) in [4.78, 5) is 8.47. The van der Waals surface area contributed by atoms with Crippen molar-refractivity contribution < 1.29 is 0 Å². The summed E-state index contributed by atoms with van der Waals surface area (Å²) >= 11 is 6.15. The average molecular weight is 284 g/mol. The zero-order chi connectivity index (χ0) is 14.1. The number of hydrogen-bond acceptors (Lipinski definition) is 3. The van der Waals surface area contributed by atoms with Crippen molar-refractivity contribution in [3.05, 3.63) is 70.6 Å². The van der Waals surface area contributed by atoms with Gasteiger partial charge in [0.1, 0.15) is 0 Å². The van der Waals surface area contributed by atoms with Crippen LogP contribution < -0.4 is 5.73 Å². The van der Waals surface area contributed by atoms with Crippen LogP contribution in [-0.4, -0.2) is 9.97 Å². The first-order valence-corrected chi connectivity index (χ1v) is 6.75. The molecular formula is C16H14ClN3. The third kappa shape index (κ3) is 2.38. The third-order valence-corrected chi connectivity index (χ3v) is 3.67. The van der Waals surface area contributed by atoms with Crippen LogP contribution in [0.5, 0.6) is 0 Å². The number of halogens is 1. The molecule has 1 atom stereocenters. The number of nitrogens with two attached hydrogens (primary N) is 1. The Balaban J connectivity index is 2.06. The van der Waals surface area contributed by atoms with E-state index in [0.717, 1.165) is 27.7 Å². The minimum absolute atomic E-state index is 0.267. The van der Waals surface area contributed by atoms with Crippen LogP contribution in [0.4, 0.5) is 0 Å². The quantitative estimate of drug-likeness (QED) is 0.781. The molecule has 20 heavy (non-hydrogen) atoms. The minimum atomic E-state index is -0.267. The second-order valence-corrected chi connectivity index (χ2v) is 5.19. The summed E-state index contributed by atoms with van der Waals surface area (Å²) in [6, 6.07) is 11.7. The van der Waals surface area contributed by atoms with Gasteiger partial charge >= 0.3 is 0 Å². The van der Waals surface area contributed by atoms with Crippen LogP contribution >= 0.6 is 11.6 Å². The lowest BCUT2D eigenvalue weighted by atomic mass is 9.99. The molecular weight excluding hydrogens is 270 g/mol. The molecule has 0 spiro atoms. The molecule has 2 aromatic heterocycles. The first kappa shape index (κ1) is 13.0. The van der Waals surface area contributed by atoms with Crippen LogP contribution in [0.25, 0.3) is 10.9 Å². The molecule has 0 saturated carbocycles. The second-order valence-electron chi connectivity index (χ2n) is 4.78. The molecule has 0 aliphatic heterocycles. The van der Waals surface area contributed by atoms with Gasteiger partial charge in [0.25, 0.3) is 0 Å². The van der Waals surface area contributed by atoms with Gasteiger partial charge in [-0.1, -0.05) is 23.7 Å². The van der Waals surface area contributed by atoms with Gasteiger partial charge < -0.3 is 5.73 Å². The summed E-state index contributed by atoms with van der Waals surface area (Å²) in [5, 5.41) is 1.66. The van der Waals surface area contributed by atoms with Gasteiger partial charge in [0.2, 0.25) is 0 Å². The Morgan fingerprint density at radius 3 is 2.80 bits per heavy atom. The van der Waals surface area contributed by atoms with Crippen molar-refractivity contribution in [3.8, 4) is 0 Å². The number of aromatic nitrogens is 2. The normalized spacial score (nSPS) is 12.6. The van der Waals surface area contributed by atoms with E-state index < -0.39 is 0 Å². The summed E-state index contributed by atoms with van der Waals surface area (Å²) in [6.45, 7) is 1.98. The molecule has 0 bridgehead atoms. The molecule has 3 rings (SSSR count). The largest absolute Gasteiger partial charge is 0.320 e. The van der Waals surface area contributed by atoms with Gasteiger partial charge in [-0.25, -0.2) is 0 Å². The Labute approximate surface area is 122 Å². The SMILES string of the molecule is Cc1ccc2cc(C(N)c3ccncc3Cl)ccc2n1. The van der Waals surface area contributed by atoms with E-state index in [2.05, 4.69) is 22.1 Å². The third-order valence-electron chi connectivity index (χ3n) is 3.35. The number of aryl methyl sites for hydroxylation is 1. The molecule has 0 saturated heterocycles. The zero-order valence-corrected chi connectivity index (χ0v) is 11.8. The number of fused-ring (bicyclic) bond motifs is 1. The second kappa shape index (κ2) is 5.19. The Morgan fingerprint density at radius 2 is 2.00 bits per heavy atom. The lowest BCUT2D eigenvalue weighted by Gasteiger charge is -2.14. The maximum atomic E-state index is 6.31. The number of benzene rings is 1. The highest BCUT2D eigenvalue weighted by molar-refractivity contribution is 6.31. The van der Waals surface area contributed by atoms with Crippen molar-refractivity contribution in [2.45, 2.75) is 13.0 Å². The summed E-state index contributed by atoms with van der Waals surface area (Å²) in [7, 11) is 0. The molecule has 0 amide bonds. The van der Waals surface area contributed by atoms with Crippen LogP contribution in [0.15, 0.2) is 48.8 Å². The topological polar surface area (TPSA) is 51.8 Å². The van der Waals surface area contributed by atoms with Crippen molar-refractivity contribution in [3.63, 3.8) is 0 Å². The lowest BCUT2D eigenvalue weighted by molar-refractivity contribution is 0.870. The Kier molecular flexibility index (Phi) is 3.38. The fraction of sp³-hybridized carbons (Fsp3) is 0.125. The summed E-state index contributed by atoms with van der Waals surface area (Å²) in [6.07, 6.45) is 3.32. The number of pyridine rings is 2. The molecule has 1 aromatic carbocycles. The van der Waals surface area contributed by atoms with Crippen LogP contribution in [-0.2, 0) is 0 Å². The highest BCUT2D eigenvalue weighted by Gasteiger charge is 2.13. The summed E-state index contributed by atoms with van der Waals surface area (Å²) < 4.78 is 0. The number of rotatable bonds is 2. The van der Waals surface area contributed by atoms with Gasteiger partial charge in [-0.3, -0.25) is 9.97 Å². The molecule has 0 fully saturated rings. The van der Waals surface area contributed by atoms with E-state index >= 15 is 0 Å². The van der Waals surface area contributed by atoms with Crippen molar-refractivity contribution in [2.75, 3.05) is 0 Å². The summed E-state index contributed by atoms with van der Waals surface area (Å²) in [5.41, 5.74) is 10.2. The summed E-state index contributed by atoms with van der Waals surface area (Å²) in [5.74, 6) is 0. The van der Waals surface area contributed by atoms with Gasteiger partial charge in [0, 0.05) is 23.5 Å². The van der Waals surface area contributed by atoms with Crippen LogP contribution in [0.3, 0.4) is 0 Å². The minimum Gasteiger partial charge on any atom is -0.320 e. The van der Waals surface area contributed by atoms with Crippen LogP contribution in [0.1, 0.15) is 22.9 Å². The molecule has 0 aliphatic rings. The van der Waals surface area contributed by atoms with Gasteiger partial charge in [-0.05, 0) is 42.3 Å². The van der Waals surface area contributed by atoms with E-state index in [1.165, 1.54) is 0 Å². The molecule has 0 aliphatic carbocycles. The van der Waals surface area contributed by atoms with E-state index in [-0.39, 0.29) is 6.04 Å². The standard InChI is InChI=1S/C16H14ClN3/c1-10-2-3-11-8-12(4-5-15(11)20-10)16(18)13-6-7-19-9-14(13)17/h2-9,16H,18H2,1H3. The zero-order valence-electron chi connectivity index (χ0n) is 11.0. The molecule has 2 heterocycles. The van der Waals surface area contributed by atoms with Crippen LogP contribution in [0, 0.1) is 6.92 Å². The van der Waals surface area contributed by atoms with Crippen molar-refractivity contribution >= 4 is 22.5 Å². The predicted molar refractivity (Wildman–Crippen MR) is 81.8 cm³/mol. The predicted octanol–water partition coefficient (Wildman–Crippen LogP) is 3.64. The highest BCUT2D eigenvalue weighted by Crippen LogP contribution is 2.27. The van der Waals surface area contributed by atoms with Gasteiger partial charge in [-0.15, -0.1) is 0 Å². The average Bonchev–Trinajstić information content (AvgIpc) is 2.46. The van der Waals surface area contributed by atoms with E-state index in [4.69, 9.17) is 17.3 Å². The Bertz CT molecular complexity index is 771. The molecule has 3 aromatic rings. The first-order chi connectivity index (χ1) is 9.65. The monoisotopic (exact) mass is 283 g/mol. The molecule has 2 N–H and O–H groups in total.